The van der Waals surface area contributed by atoms with Crippen LogP contribution in [0.5, 0.6) is 17.2 Å². The number of benzene rings is 2. The van der Waals surface area contributed by atoms with Crippen LogP contribution in [-0.2, 0) is 36.9 Å². The number of amides is 2. The summed E-state index contributed by atoms with van der Waals surface area (Å²) in [4.78, 5) is 71.1. The Kier molecular flexibility index (Phi) is 13.6. The second-order valence-corrected chi connectivity index (χ2v) is 14.0. The monoisotopic (exact) mass is 771 g/mol. The molecule has 0 radical (unpaired) electrons. The maximum Gasteiger partial charge on any atom is 0.329 e. The summed E-state index contributed by atoms with van der Waals surface area (Å²) in [5.74, 6) is -0.670. The van der Waals surface area contributed by atoms with E-state index in [0.29, 0.717) is 67.0 Å². The zero-order chi connectivity index (χ0) is 40.4. The molecule has 56 heavy (non-hydrogen) atoms. The van der Waals surface area contributed by atoms with Gasteiger partial charge in [0.05, 0.1) is 32.7 Å². The molecule has 0 saturated carbocycles. The zero-order valence-electron chi connectivity index (χ0n) is 32.3. The molecule has 1 aliphatic rings. The van der Waals surface area contributed by atoms with E-state index >= 15 is 0 Å². The molecule has 1 unspecified atom stereocenters. The van der Waals surface area contributed by atoms with Gasteiger partial charge in [-0.1, -0.05) is 39.0 Å². The second kappa shape index (κ2) is 18.5. The van der Waals surface area contributed by atoms with Gasteiger partial charge >= 0.3 is 5.97 Å². The van der Waals surface area contributed by atoms with Gasteiger partial charge in [-0.3, -0.25) is 19.8 Å². The van der Waals surface area contributed by atoms with Crippen molar-refractivity contribution in [1.29, 1.82) is 0 Å². The predicted octanol–water partition coefficient (Wildman–Crippen LogP) is 3.40. The molecular weight excluding hydrogens is 722 g/mol. The van der Waals surface area contributed by atoms with Crippen molar-refractivity contribution in [3.63, 3.8) is 0 Å². The molecule has 2 atom stereocenters. The highest BCUT2D eigenvalue weighted by Crippen LogP contribution is 2.33. The van der Waals surface area contributed by atoms with Crippen LogP contribution in [0.2, 0.25) is 0 Å². The number of likely N-dealkylation sites (tertiary alicyclic amines) is 1. The number of rotatable bonds is 17. The number of carbonyl (C=O) groups excluding carboxylic acids is 4. The number of Topliss-reactive ketones (excluding diaryl/α,β-unsaturated/α-hetero) is 1. The van der Waals surface area contributed by atoms with E-state index in [0.717, 1.165) is 5.56 Å². The number of nitrogens with zero attached hydrogens (tertiary/aromatic N) is 5. The number of aryl methyl sites for hydroxylation is 1. The van der Waals surface area contributed by atoms with E-state index in [4.69, 9.17) is 30.4 Å². The Labute approximate surface area is 324 Å². The van der Waals surface area contributed by atoms with Gasteiger partial charge in [-0.2, -0.15) is 9.97 Å². The largest absolute Gasteiger partial charge is 0.493 e. The highest BCUT2D eigenvalue weighted by Gasteiger charge is 2.41. The van der Waals surface area contributed by atoms with Crippen LogP contribution in [0.4, 0.5) is 11.8 Å². The number of fused-ring (bicyclic) bond motifs is 1. The van der Waals surface area contributed by atoms with Gasteiger partial charge in [-0.25, -0.2) is 20.2 Å². The molecule has 2 aromatic heterocycles. The molecule has 0 bridgehead atoms. The van der Waals surface area contributed by atoms with Crippen molar-refractivity contribution < 1.29 is 38.1 Å². The number of anilines is 2. The van der Waals surface area contributed by atoms with Crippen LogP contribution in [0.3, 0.4) is 0 Å². The summed E-state index contributed by atoms with van der Waals surface area (Å²) >= 11 is 0. The smallest absolute Gasteiger partial charge is 0.329 e. The van der Waals surface area contributed by atoms with Gasteiger partial charge in [0, 0.05) is 12.0 Å². The number of carbonyl (C=O) groups is 4. The van der Waals surface area contributed by atoms with Crippen molar-refractivity contribution in [3.8, 4) is 17.2 Å². The van der Waals surface area contributed by atoms with Crippen molar-refractivity contribution in [1.82, 2.24) is 35.7 Å². The molecule has 298 valence electrons. The summed E-state index contributed by atoms with van der Waals surface area (Å²) in [6.07, 6.45) is 3.81. The Morgan fingerprint density at radius 1 is 1.00 bits per heavy atom. The Morgan fingerprint density at radius 2 is 1.79 bits per heavy atom. The molecule has 1 fully saturated rings. The van der Waals surface area contributed by atoms with E-state index in [1.54, 1.807) is 58.4 Å². The number of nitrogen functional groups attached to an aromatic ring is 2. The van der Waals surface area contributed by atoms with Crippen LogP contribution in [-0.4, -0.2) is 81.8 Å². The molecule has 17 nitrogen and oxygen atoms in total. The van der Waals surface area contributed by atoms with E-state index in [9.17, 15) is 19.2 Å². The summed E-state index contributed by atoms with van der Waals surface area (Å²) < 4.78 is 22.9. The summed E-state index contributed by atoms with van der Waals surface area (Å²) in [5.41, 5.74) is 18.5. The normalized spacial score (nSPS) is 14.8. The minimum atomic E-state index is -0.905. The van der Waals surface area contributed by atoms with Gasteiger partial charge in [0.15, 0.2) is 35.1 Å². The molecule has 5 rings (SSSR count). The Hall–Kier alpha value is -6.10. The van der Waals surface area contributed by atoms with Crippen molar-refractivity contribution in [2.45, 2.75) is 78.0 Å². The fraction of sp³-hybridized carbons (Fsp3) is 0.436. The lowest BCUT2D eigenvalue weighted by atomic mass is 9.84. The molecule has 3 heterocycles. The quantitative estimate of drug-likeness (QED) is 0.0684. The molecular formula is C39H49N9O8. The number of hydrogen-bond acceptors (Lipinski definition) is 15. The van der Waals surface area contributed by atoms with Crippen LogP contribution < -0.4 is 36.5 Å². The highest BCUT2D eigenvalue weighted by atomic mass is 16.5. The molecule has 6 N–H and O–H groups in total. The number of aromatic nitrogens is 4. The number of hydrazine groups is 1. The Bertz CT molecular complexity index is 2060. The average molecular weight is 772 g/mol. The van der Waals surface area contributed by atoms with Gasteiger partial charge in [-0.15, -0.1) is 0 Å². The topological polar surface area (TPSA) is 236 Å². The van der Waals surface area contributed by atoms with Crippen molar-refractivity contribution in [2.24, 2.45) is 5.41 Å². The molecule has 0 spiro atoms. The predicted molar refractivity (Wildman–Crippen MR) is 206 cm³/mol. The highest BCUT2D eigenvalue weighted by molar-refractivity contribution is 6.38. The SMILES string of the molecule is CCC(C)(C)C(=O)C(=O)N1CCCCC1C(=O)O[C@H](CCc1ccc(OC)c(OC)c1)c1cccc(OCC(=O)NNCc2cnc3nc(N)nc(N)c3n2)c1. The number of esters is 1. The van der Waals surface area contributed by atoms with E-state index in [2.05, 4.69) is 30.8 Å². The third kappa shape index (κ3) is 10.1. The molecule has 2 aromatic carbocycles. The number of piperidine rings is 1. The van der Waals surface area contributed by atoms with Crippen LogP contribution in [0.15, 0.2) is 48.7 Å². The first-order valence-corrected chi connectivity index (χ1v) is 18.4. The first kappa shape index (κ1) is 41.1. The van der Waals surface area contributed by atoms with Gasteiger partial charge in [0.2, 0.25) is 11.7 Å². The van der Waals surface area contributed by atoms with Gasteiger partial charge < -0.3 is 35.3 Å². The van der Waals surface area contributed by atoms with Crippen LogP contribution in [0, 0.1) is 5.41 Å². The molecule has 4 aromatic rings. The Balaban J connectivity index is 1.27. The lowest BCUT2D eigenvalue weighted by Gasteiger charge is -2.36. The molecule has 17 heteroatoms. The molecule has 2 amide bonds. The van der Waals surface area contributed by atoms with Crippen LogP contribution >= 0.6 is 0 Å². The number of methoxy groups -OCH3 is 2. The number of ketones is 1. The molecule has 1 saturated heterocycles. The molecule has 1 aliphatic heterocycles. The fourth-order valence-electron chi connectivity index (χ4n) is 6.14. The lowest BCUT2D eigenvalue weighted by Crippen LogP contribution is -2.53. The van der Waals surface area contributed by atoms with Crippen molar-refractivity contribution in [3.05, 3.63) is 65.5 Å². The summed E-state index contributed by atoms with van der Waals surface area (Å²) in [6, 6.07) is 11.6. The van der Waals surface area contributed by atoms with Gasteiger partial charge in [-0.05, 0) is 73.9 Å². The summed E-state index contributed by atoms with van der Waals surface area (Å²) in [7, 11) is 3.12. The second-order valence-electron chi connectivity index (χ2n) is 14.0. The number of nitrogens with two attached hydrogens (primary N) is 2. The third-order valence-corrected chi connectivity index (χ3v) is 9.73. The lowest BCUT2D eigenvalue weighted by molar-refractivity contribution is -0.164. The number of nitrogens with one attached hydrogen (secondary N) is 2. The standard InChI is InChI=1S/C39H49N9O8/c1-6-39(2,3)33(50)36(51)48-17-8-7-12-27(48)37(52)56-28(15-13-23-14-16-29(53-4)30(18-23)54-5)24-10-9-11-26(19-24)55-22-31(49)47-43-21-25-20-42-35-32(44-25)34(40)45-38(41)46-35/h9-11,14,16,18-20,27-28,43H,6-8,12-13,15,17,21-22H2,1-5H3,(H,47,49)(H4,40,41,42,45,46)/t27?,28-/m1/s1. The minimum Gasteiger partial charge on any atom is -0.493 e. The Morgan fingerprint density at radius 3 is 2.54 bits per heavy atom. The van der Waals surface area contributed by atoms with E-state index < -0.39 is 41.1 Å². The summed E-state index contributed by atoms with van der Waals surface area (Å²) in [5, 5.41) is 0. The third-order valence-electron chi connectivity index (χ3n) is 9.73. The van der Waals surface area contributed by atoms with Crippen molar-refractivity contribution >= 4 is 46.5 Å². The first-order valence-electron chi connectivity index (χ1n) is 18.4. The molecule has 0 aliphatic carbocycles. The van der Waals surface area contributed by atoms with Crippen molar-refractivity contribution in [2.75, 3.05) is 38.8 Å². The van der Waals surface area contributed by atoms with E-state index in [1.807, 2.05) is 19.1 Å². The maximum absolute atomic E-state index is 14.0. The number of ether oxygens (including phenoxy) is 4. The van der Waals surface area contributed by atoms with Gasteiger partial charge in [0.25, 0.3) is 11.8 Å². The fourth-order valence-corrected chi connectivity index (χ4v) is 6.14. The zero-order valence-corrected chi connectivity index (χ0v) is 32.3. The maximum atomic E-state index is 14.0. The van der Waals surface area contributed by atoms with Crippen LogP contribution in [0.25, 0.3) is 11.2 Å². The van der Waals surface area contributed by atoms with Crippen LogP contribution in [0.1, 0.15) is 75.8 Å². The summed E-state index contributed by atoms with van der Waals surface area (Å²) in [6.45, 7) is 5.39. The van der Waals surface area contributed by atoms with Gasteiger partial charge in [0.1, 0.15) is 17.9 Å². The first-order chi connectivity index (χ1) is 26.8. The number of hydrogen-bond donors (Lipinski definition) is 4. The average Bonchev–Trinajstić information content (AvgIpc) is 3.21. The minimum absolute atomic E-state index is 0.0104. The van der Waals surface area contributed by atoms with E-state index in [1.165, 1.54) is 11.1 Å². The van der Waals surface area contributed by atoms with E-state index in [-0.39, 0.29) is 42.6 Å².